The lowest BCUT2D eigenvalue weighted by atomic mass is 10.1. The molecule has 28 heavy (non-hydrogen) atoms. The quantitative estimate of drug-likeness (QED) is 0.646. The van der Waals surface area contributed by atoms with Gasteiger partial charge < -0.3 is 15.4 Å². The van der Waals surface area contributed by atoms with Gasteiger partial charge in [0.15, 0.2) is 0 Å². The van der Waals surface area contributed by atoms with E-state index in [1.807, 2.05) is 49.4 Å². The first-order chi connectivity index (χ1) is 13.6. The van der Waals surface area contributed by atoms with Crippen LogP contribution < -0.4 is 15.4 Å². The Bertz CT molecular complexity index is 955. The molecule has 1 heterocycles. The second-order valence-corrected chi connectivity index (χ2v) is 6.38. The molecular weight excluding hydrogens is 352 g/mol. The number of aryl methyl sites for hydroxylation is 2. The average Bonchev–Trinajstić information content (AvgIpc) is 2.74. The molecule has 6 nitrogen and oxygen atoms in total. The molecule has 2 aromatic carbocycles. The molecule has 0 fully saturated rings. The van der Waals surface area contributed by atoms with Crippen LogP contribution in [0, 0.1) is 6.92 Å². The van der Waals surface area contributed by atoms with Crippen LogP contribution in [0.3, 0.4) is 0 Å². The summed E-state index contributed by atoms with van der Waals surface area (Å²) in [6.45, 7) is 4.57. The maximum absolute atomic E-state index is 12.6. The monoisotopic (exact) mass is 376 g/mol. The third-order valence-corrected chi connectivity index (χ3v) is 4.52. The molecule has 1 amide bonds. The van der Waals surface area contributed by atoms with Crippen molar-refractivity contribution in [2.75, 3.05) is 17.7 Å². The number of carbonyl (C=O) groups excluding carboxylic acids is 1. The molecule has 0 atom stereocenters. The zero-order valence-corrected chi connectivity index (χ0v) is 16.3. The third-order valence-electron chi connectivity index (χ3n) is 4.52. The van der Waals surface area contributed by atoms with Crippen LogP contribution in [0.5, 0.6) is 5.75 Å². The Morgan fingerprint density at radius 1 is 1.04 bits per heavy atom. The lowest BCUT2D eigenvalue weighted by molar-refractivity contribution is 0.102. The van der Waals surface area contributed by atoms with Crippen molar-refractivity contribution in [3.63, 3.8) is 0 Å². The van der Waals surface area contributed by atoms with Crippen LogP contribution in [-0.2, 0) is 13.0 Å². The molecule has 2 N–H and O–H groups in total. The second kappa shape index (κ2) is 8.99. The van der Waals surface area contributed by atoms with Gasteiger partial charge in [-0.25, -0.2) is 9.97 Å². The number of para-hydroxylation sites is 2. The smallest absolute Gasteiger partial charge is 0.258 e. The molecular formula is C22H24N4O2. The van der Waals surface area contributed by atoms with Gasteiger partial charge in [-0.05, 0) is 30.5 Å². The lowest BCUT2D eigenvalue weighted by Gasteiger charge is -2.13. The zero-order chi connectivity index (χ0) is 19.9. The highest BCUT2D eigenvalue weighted by Gasteiger charge is 2.12. The summed E-state index contributed by atoms with van der Waals surface area (Å²) in [6.07, 6.45) is 3.90. The summed E-state index contributed by atoms with van der Waals surface area (Å²) in [6, 6.07) is 13.7. The highest BCUT2D eigenvalue weighted by molar-refractivity contribution is 6.04. The van der Waals surface area contributed by atoms with Crippen LogP contribution in [0.15, 0.2) is 54.9 Å². The van der Waals surface area contributed by atoms with E-state index >= 15 is 0 Å². The molecule has 0 saturated heterocycles. The molecule has 6 heteroatoms. The summed E-state index contributed by atoms with van der Waals surface area (Å²) in [5.74, 6) is 1.03. The van der Waals surface area contributed by atoms with Gasteiger partial charge in [0.2, 0.25) is 5.95 Å². The number of rotatable bonds is 7. The van der Waals surface area contributed by atoms with E-state index in [0.717, 1.165) is 34.5 Å². The van der Waals surface area contributed by atoms with Crippen LogP contribution in [0.1, 0.15) is 34.0 Å². The number of carbonyl (C=O) groups is 1. The van der Waals surface area contributed by atoms with Crippen molar-refractivity contribution in [3.05, 3.63) is 77.1 Å². The summed E-state index contributed by atoms with van der Waals surface area (Å²) >= 11 is 0. The van der Waals surface area contributed by atoms with E-state index in [0.29, 0.717) is 18.1 Å². The summed E-state index contributed by atoms with van der Waals surface area (Å²) < 4.78 is 5.34. The van der Waals surface area contributed by atoms with Gasteiger partial charge in [-0.1, -0.05) is 43.3 Å². The van der Waals surface area contributed by atoms with Crippen molar-refractivity contribution in [1.82, 2.24) is 9.97 Å². The fourth-order valence-corrected chi connectivity index (χ4v) is 2.95. The van der Waals surface area contributed by atoms with E-state index in [1.54, 1.807) is 7.11 Å². The van der Waals surface area contributed by atoms with Gasteiger partial charge in [-0.15, -0.1) is 0 Å². The number of nitrogens with one attached hydrogen (secondary N) is 2. The van der Waals surface area contributed by atoms with Crippen molar-refractivity contribution in [3.8, 4) is 5.75 Å². The normalized spacial score (nSPS) is 10.4. The number of nitrogens with zero attached hydrogens (tertiary/aromatic N) is 2. The summed E-state index contributed by atoms with van der Waals surface area (Å²) in [7, 11) is 1.64. The number of hydrogen-bond donors (Lipinski definition) is 2. The van der Waals surface area contributed by atoms with Gasteiger partial charge in [-0.2, -0.15) is 0 Å². The molecule has 0 spiro atoms. The molecule has 0 aliphatic rings. The Labute approximate surface area is 165 Å². The Morgan fingerprint density at radius 3 is 2.46 bits per heavy atom. The average molecular weight is 376 g/mol. The fraction of sp³-hybridized carbons (Fsp3) is 0.227. The number of anilines is 2. The van der Waals surface area contributed by atoms with Crippen molar-refractivity contribution >= 4 is 17.5 Å². The third kappa shape index (κ3) is 4.46. The van der Waals surface area contributed by atoms with E-state index < -0.39 is 0 Å². The molecule has 0 radical (unpaired) electrons. The molecule has 3 aromatic rings. The maximum atomic E-state index is 12.6. The Balaban J connectivity index is 1.66. The Kier molecular flexibility index (Phi) is 6.22. The summed E-state index contributed by atoms with van der Waals surface area (Å²) in [4.78, 5) is 21.1. The largest absolute Gasteiger partial charge is 0.496 e. The highest BCUT2D eigenvalue weighted by atomic mass is 16.5. The molecule has 0 unspecified atom stereocenters. The van der Waals surface area contributed by atoms with Crippen molar-refractivity contribution < 1.29 is 9.53 Å². The van der Waals surface area contributed by atoms with E-state index in [-0.39, 0.29) is 5.91 Å². The van der Waals surface area contributed by atoms with Crippen LogP contribution in [0.4, 0.5) is 11.6 Å². The first-order valence-electron chi connectivity index (χ1n) is 9.20. The van der Waals surface area contributed by atoms with Gasteiger partial charge in [0, 0.05) is 30.2 Å². The molecule has 0 bridgehead atoms. The zero-order valence-electron chi connectivity index (χ0n) is 16.3. The van der Waals surface area contributed by atoms with Crippen LogP contribution >= 0.6 is 0 Å². The van der Waals surface area contributed by atoms with Gasteiger partial charge in [0.05, 0.1) is 12.7 Å². The molecule has 0 saturated carbocycles. The summed E-state index contributed by atoms with van der Waals surface area (Å²) in [5.41, 5.74) is 4.40. The first kappa shape index (κ1) is 19.4. The SMILES string of the molecule is CCc1cccc(C)c1NC(=O)c1cnc(NCc2ccccc2OC)nc1. The van der Waals surface area contributed by atoms with E-state index in [2.05, 4.69) is 27.5 Å². The number of ether oxygens (including phenoxy) is 1. The van der Waals surface area contributed by atoms with Crippen molar-refractivity contribution in [2.24, 2.45) is 0 Å². The Morgan fingerprint density at radius 2 is 1.75 bits per heavy atom. The predicted octanol–water partition coefficient (Wildman–Crippen LogP) is 4.22. The van der Waals surface area contributed by atoms with Crippen LogP contribution in [0.2, 0.25) is 0 Å². The minimum Gasteiger partial charge on any atom is -0.496 e. The highest BCUT2D eigenvalue weighted by Crippen LogP contribution is 2.22. The molecule has 144 valence electrons. The number of benzene rings is 2. The molecule has 1 aromatic heterocycles. The van der Waals surface area contributed by atoms with E-state index in [1.165, 1.54) is 12.4 Å². The number of aromatic nitrogens is 2. The van der Waals surface area contributed by atoms with E-state index in [4.69, 9.17) is 4.74 Å². The van der Waals surface area contributed by atoms with Crippen LogP contribution in [0.25, 0.3) is 0 Å². The van der Waals surface area contributed by atoms with Gasteiger partial charge in [-0.3, -0.25) is 4.79 Å². The van der Waals surface area contributed by atoms with Gasteiger partial charge in [0.25, 0.3) is 5.91 Å². The van der Waals surface area contributed by atoms with Crippen molar-refractivity contribution in [2.45, 2.75) is 26.8 Å². The Hall–Kier alpha value is -3.41. The van der Waals surface area contributed by atoms with Gasteiger partial charge in [0.1, 0.15) is 5.75 Å². The first-order valence-corrected chi connectivity index (χ1v) is 9.20. The minimum atomic E-state index is -0.222. The fourth-order valence-electron chi connectivity index (χ4n) is 2.95. The van der Waals surface area contributed by atoms with Crippen LogP contribution in [-0.4, -0.2) is 23.0 Å². The standard InChI is InChI=1S/C22H24N4O2/c1-4-16-10-7-8-15(2)20(16)26-21(27)18-13-24-22(25-14-18)23-12-17-9-5-6-11-19(17)28-3/h5-11,13-14H,4,12H2,1-3H3,(H,26,27)(H,23,24,25). The topological polar surface area (TPSA) is 76.1 Å². The molecule has 0 aliphatic heterocycles. The lowest BCUT2D eigenvalue weighted by Crippen LogP contribution is -2.15. The minimum absolute atomic E-state index is 0.222. The number of methoxy groups -OCH3 is 1. The second-order valence-electron chi connectivity index (χ2n) is 6.38. The van der Waals surface area contributed by atoms with Crippen molar-refractivity contribution in [1.29, 1.82) is 0 Å². The number of amides is 1. The molecule has 0 aliphatic carbocycles. The maximum Gasteiger partial charge on any atom is 0.258 e. The predicted molar refractivity (Wildman–Crippen MR) is 111 cm³/mol. The molecule has 3 rings (SSSR count). The van der Waals surface area contributed by atoms with Gasteiger partial charge >= 0.3 is 0 Å². The summed E-state index contributed by atoms with van der Waals surface area (Å²) in [5, 5.41) is 6.13. The van der Waals surface area contributed by atoms with E-state index in [9.17, 15) is 4.79 Å². The number of hydrogen-bond acceptors (Lipinski definition) is 5.